The minimum absolute atomic E-state index is 0.158. The second-order valence-electron chi connectivity index (χ2n) is 7.61. The third kappa shape index (κ3) is 3.96. The Balaban J connectivity index is 1.35. The summed E-state index contributed by atoms with van der Waals surface area (Å²) < 4.78 is 13.0. The Morgan fingerprint density at radius 3 is 2.81 bits per heavy atom. The maximum Gasteiger partial charge on any atom is 0.227 e. The number of thiazole rings is 1. The number of nitrogens with zero attached hydrogens (tertiary/aromatic N) is 3. The van der Waals surface area contributed by atoms with Gasteiger partial charge in [0.05, 0.1) is 13.0 Å². The molecule has 2 saturated heterocycles. The number of carbonyl (C=O) groups is 1. The number of carbonyl (C=O) groups excluding carboxylic acids is 1. The average Bonchev–Trinajstić information content (AvgIpc) is 3.28. The topological polar surface area (TPSA) is 36.4 Å². The molecule has 0 N–H and O–H groups in total. The van der Waals surface area contributed by atoms with E-state index in [1.54, 1.807) is 23.5 Å². The van der Waals surface area contributed by atoms with Crippen LogP contribution in [0, 0.1) is 11.2 Å². The molecule has 0 radical (unpaired) electrons. The van der Waals surface area contributed by atoms with Crippen molar-refractivity contribution in [2.45, 2.75) is 32.2 Å². The van der Waals surface area contributed by atoms with Gasteiger partial charge in [0.1, 0.15) is 10.8 Å². The summed E-state index contributed by atoms with van der Waals surface area (Å²) in [6.45, 7) is 4.77. The van der Waals surface area contributed by atoms with Crippen molar-refractivity contribution in [2.24, 2.45) is 5.41 Å². The van der Waals surface area contributed by atoms with Crippen molar-refractivity contribution in [2.75, 3.05) is 26.2 Å². The van der Waals surface area contributed by atoms with Gasteiger partial charge in [-0.1, -0.05) is 12.1 Å². The molecule has 2 aliphatic rings. The van der Waals surface area contributed by atoms with E-state index in [0.29, 0.717) is 6.42 Å². The fraction of sp³-hybridized carbons (Fsp3) is 0.500. The van der Waals surface area contributed by atoms with E-state index in [9.17, 15) is 9.18 Å². The highest BCUT2D eigenvalue weighted by atomic mass is 32.1. The summed E-state index contributed by atoms with van der Waals surface area (Å²) in [5.74, 6) is -0.102. The van der Waals surface area contributed by atoms with Gasteiger partial charge in [0, 0.05) is 36.6 Å². The van der Waals surface area contributed by atoms with Crippen molar-refractivity contribution in [3.63, 3.8) is 0 Å². The first-order chi connectivity index (χ1) is 12.6. The largest absolute Gasteiger partial charge is 0.342 e. The van der Waals surface area contributed by atoms with Crippen molar-refractivity contribution in [1.82, 2.24) is 14.8 Å². The monoisotopic (exact) mass is 373 g/mol. The van der Waals surface area contributed by atoms with E-state index >= 15 is 0 Å². The summed E-state index contributed by atoms with van der Waals surface area (Å²) in [7, 11) is 0. The lowest BCUT2D eigenvalue weighted by Gasteiger charge is -2.40. The number of piperidine rings is 1. The van der Waals surface area contributed by atoms with Crippen LogP contribution < -0.4 is 0 Å². The summed E-state index contributed by atoms with van der Waals surface area (Å²) in [6, 6.07) is 6.25. The first-order valence-electron chi connectivity index (χ1n) is 9.25. The number of rotatable bonds is 4. The van der Waals surface area contributed by atoms with E-state index in [-0.39, 0.29) is 17.1 Å². The van der Waals surface area contributed by atoms with Gasteiger partial charge in [-0.3, -0.25) is 9.69 Å². The highest BCUT2D eigenvalue weighted by Gasteiger charge is 2.42. The predicted molar refractivity (Wildman–Crippen MR) is 100 cm³/mol. The van der Waals surface area contributed by atoms with Gasteiger partial charge in [-0.2, -0.15) is 0 Å². The number of hydrogen-bond acceptors (Lipinski definition) is 4. The fourth-order valence-electron chi connectivity index (χ4n) is 4.34. The summed E-state index contributed by atoms with van der Waals surface area (Å²) in [5, 5.41) is 3.20. The molecule has 138 valence electrons. The smallest absolute Gasteiger partial charge is 0.227 e. The first-order valence-corrected chi connectivity index (χ1v) is 10.1. The maximum absolute atomic E-state index is 13.0. The second kappa shape index (κ2) is 7.45. The predicted octanol–water partition coefficient (Wildman–Crippen LogP) is 3.34. The molecule has 1 spiro atoms. The lowest BCUT2D eigenvalue weighted by molar-refractivity contribution is -0.130. The van der Waals surface area contributed by atoms with Crippen LogP contribution in [-0.4, -0.2) is 46.9 Å². The summed E-state index contributed by atoms with van der Waals surface area (Å²) in [6.07, 6.45) is 5.69. The molecule has 0 aliphatic carbocycles. The van der Waals surface area contributed by atoms with Gasteiger partial charge in [-0.15, -0.1) is 11.3 Å². The van der Waals surface area contributed by atoms with E-state index in [4.69, 9.17) is 0 Å². The van der Waals surface area contributed by atoms with Crippen molar-refractivity contribution in [3.05, 3.63) is 52.2 Å². The summed E-state index contributed by atoms with van der Waals surface area (Å²) >= 11 is 1.71. The molecule has 0 saturated carbocycles. The molecule has 2 aliphatic heterocycles. The molecule has 1 aromatic heterocycles. The maximum atomic E-state index is 13.0. The molecular formula is C20H24FN3OS. The minimum atomic E-state index is -0.260. The number of halogens is 1. The van der Waals surface area contributed by atoms with E-state index in [1.807, 2.05) is 16.5 Å². The number of aromatic nitrogens is 1. The van der Waals surface area contributed by atoms with Crippen LogP contribution in [0.2, 0.25) is 0 Å². The van der Waals surface area contributed by atoms with Crippen LogP contribution in [0.1, 0.15) is 29.8 Å². The van der Waals surface area contributed by atoms with Crippen molar-refractivity contribution in [3.8, 4) is 0 Å². The van der Waals surface area contributed by atoms with Gasteiger partial charge in [0.2, 0.25) is 5.91 Å². The number of amides is 1. The molecule has 0 bridgehead atoms. The van der Waals surface area contributed by atoms with Crippen molar-refractivity contribution in [1.29, 1.82) is 0 Å². The lowest BCUT2D eigenvalue weighted by atomic mass is 9.79. The van der Waals surface area contributed by atoms with Gasteiger partial charge in [-0.25, -0.2) is 9.37 Å². The quantitative estimate of drug-likeness (QED) is 0.825. The summed E-state index contributed by atoms with van der Waals surface area (Å²) in [5.41, 5.74) is 1.11. The van der Waals surface area contributed by atoms with Gasteiger partial charge in [0.15, 0.2) is 0 Å². The Hall–Kier alpha value is -1.79. The molecule has 1 atom stereocenters. The molecular weight excluding hydrogens is 349 g/mol. The van der Waals surface area contributed by atoms with Gasteiger partial charge in [-0.05, 0) is 43.5 Å². The molecule has 2 fully saturated rings. The van der Waals surface area contributed by atoms with Crippen LogP contribution in [0.3, 0.4) is 0 Å². The normalized spacial score (nSPS) is 23.7. The molecule has 4 rings (SSSR count). The molecule has 26 heavy (non-hydrogen) atoms. The van der Waals surface area contributed by atoms with Crippen LogP contribution in [0.5, 0.6) is 0 Å². The fourth-order valence-corrected chi connectivity index (χ4v) is 4.99. The Kier molecular flexibility index (Phi) is 5.05. The SMILES string of the molecule is O=C(Cc1ccc(F)cc1)N1CC[C@@]2(CCCN(Cc3nccs3)C2)C1. The van der Waals surface area contributed by atoms with Crippen LogP contribution in [-0.2, 0) is 17.8 Å². The molecule has 1 amide bonds. The molecule has 2 aromatic rings. The van der Waals surface area contributed by atoms with Gasteiger partial charge < -0.3 is 4.90 Å². The van der Waals surface area contributed by atoms with Crippen LogP contribution >= 0.6 is 11.3 Å². The Bertz CT molecular complexity index is 749. The molecule has 1 aromatic carbocycles. The van der Waals surface area contributed by atoms with Gasteiger partial charge >= 0.3 is 0 Å². The number of likely N-dealkylation sites (tertiary alicyclic amines) is 2. The zero-order valence-electron chi connectivity index (χ0n) is 14.9. The molecule has 3 heterocycles. The van der Waals surface area contributed by atoms with Crippen LogP contribution in [0.4, 0.5) is 4.39 Å². The van der Waals surface area contributed by atoms with E-state index in [0.717, 1.165) is 44.7 Å². The zero-order chi connectivity index (χ0) is 18.0. The Morgan fingerprint density at radius 2 is 2.04 bits per heavy atom. The van der Waals surface area contributed by atoms with E-state index in [1.165, 1.54) is 30.0 Å². The first kappa shape index (κ1) is 17.6. The minimum Gasteiger partial charge on any atom is -0.342 e. The van der Waals surface area contributed by atoms with Crippen molar-refractivity contribution < 1.29 is 9.18 Å². The molecule has 4 nitrogen and oxygen atoms in total. The third-order valence-corrected chi connectivity index (χ3v) is 6.41. The Morgan fingerprint density at radius 1 is 1.19 bits per heavy atom. The number of hydrogen-bond donors (Lipinski definition) is 0. The average molecular weight is 373 g/mol. The zero-order valence-corrected chi connectivity index (χ0v) is 15.7. The summed E-state index contributed by atoms with van der Waals surface area (Å²) in [4.78, 5) is 21.6. The van der Waals surface area contributed by atoms with Crippen LogP contribution in [0.15, 0.2) is 35.8 Å². The number of benzene rings is 1. The third-order valence-electron chi connectivity index (χ3n) is 5.64. The Labute approximate surface area is 157 Å². The standard InChI is InChI=1S/C20H24FN3OS/c21-17-4-2-16(3-5-17)12-19(25)24-10-7-20(15-24)6-1-9-23(14-20)13-18-22-8-11-26-18/h2-5,8,11H,1,6-7,9-10,12-15H2/t20-/m1/s1. The lowest BCUT2D eigenvalue weighted by Crippen LogP contribution is -2.45. The second-order valence-corrected chi connectivity index (χ2v) is 8.59. The van der Waals surface area contributed by atoms with E-state index < -0.39 is 0 Å². The van der Waals surface area contributed by atoms with Crippen molar-refractivity contribution >= 4 is 17.2 Å². The molecule has 6 heteroatoms. The van der Waals surface area contributed by atoms with E-state index in [2.05, 4.69) is 9.88 Å². The highest BCUT2D eigenvalue weighted by Crippen LogP contribution is 2.39. The molecule has 0 unspecified atom stereocenters. The highest BCUT2D eigenvalue weighted by molar-refractivity contribution is 7.09. The van der Waals surface area contributed by atoms with Crippen LogP contribution in [0.25, 0.3) is 0 Å². The van der Waals surface area contributed by atoms with Gasteiger partial charge in [0.25, 0.3) is 0 Å².